The van der Waals surface area contributed by atoms with E-state index in [1.165, 1.54) is 20.1 Å². The number of hydrogen-bond donors (Lipinski definition) is 1. The zero-order chi connectivity index (χ0) is 16.0. The fraction of sp³-hybridized carbons (Fsp3) is 0.429. The minimum atomic E-state index is -1.06. The normalized spacial score (nSPS) is 13.2. The number of nitrogens with one attached hydrogen (secondary N) is 1. The molecule has 0 bridgehead atoms. The van der Waals surface area contributed by atoms with Crippen molar-refractivity contribution in [2.24, 2.45) is 0 Å². The molecule has 0 fully saturated rings. The van der Waals surface area contributed by atoms with Gasteiger partial charge in [-0.25, -0.2) is 8.78 Å². The SMILES string of the molecule is COC(=O)C[C@@H](C)NC(=O)[C@@H](C)Oc1ccc(F)c(F)c1. The van der Waals surface area contributed by atoms with Gasteiger partial charge in [-0.2, -0.15) is 0 Å². The van der Waals surface area contributed by atoms with Gasteiger partial charge in [0, 0.05) is 12.1 Å². The fourth-order valence-electron chi connectivity index (χ4n) is 1.55. The number of benzene rings is 1. The van der Waals surface area contributed by atoms with Gasteiger partial charge in [-0.15, -0.1) is 0 Å². The first-order chi connectivity index (χ1) is 9.83. The van der Waals surface area contributed by atoms with Crippen molar-refractivity contribution in [1.82, 2.24) is 5.32 Å². The van der Waals surface area contributed by atoms with Gasteiger partial charge in [0.1, 0.15) is 5.75 Å². The second-order valence-corrected chi connectivity index (χ2v) is 4.53. The van der Waals surface area contributed by atoms with Crippen molar-refractivity contribution in [1.29, 1.82) is 0 Å². The van der Waals surface area contributed by atoms with Crippen LogP contribution in [0.4, 0.5) is 8.78 Å². The van der Waals surface area contributed by atoms with Crippen LogP contribution in [0.5, 0.6) is 5.75 Å². The van der Waals surface area contributed by atoms with Crippen LogP contribution in [0.2, 0.25) is 0 Å². The molecule has 0 heterocycles. The number of rotatable bonds is 6. The van der Waals surface area contributed by atoms with Crippen molar-refractivity contribution < 1.29 is 27.8 Å². The van der Waals surface area contributed by atoms with Gasteiger partial charge in [0.15, 0.2) is 17.7 Å². The number of halogens is 2. The standard InChI is InChI=1S/C14H17F2NO4/c1-8(6-13(18)20-3)17-14(19)9(2)21-10-4-5-11(15)12(16)7-10/h4-5,7-9H,6H2,1-3H3,(H,17,19)/t8-,9-/m1/s1. The van der Waals surface area contributed by atoms with Gasteiger partial charge in [-0.05, 0) is 26.0 Å². The average Bonchev–Trinajstić information content (AvgIpc) is 2.42. The Kier molecular flexibility index (Phi) is 6.08. The van der Waals surface area contributed by atoms with Crippen LogP contribution in [0.15, 0.2) is 18.2 Å². The Morgan fingerprint density at radius 2 is 1.90 bits per heavy atom. The van der Waals surface area contributed by atoms with Crippen LogP contribution in [0.1, 0.15) is 20.3 Å². The average molecular weight is 301 g/mol. The van der Waals surface area contributed by atoms with E-state index in [1.54, 1.807) is 6.92 Å². The Balaban J connectivity index is 2.54. The molecule has 0 aliphatic heterocycles. The van der Waals surface area contributed by atoms with Crippen molar-refractivity contribution in [3.63, 3.8) is 0 Å². The molecule has 0 radical (unpaired) electrons. The van der Waals surface area contributed by atoms with Crippen molar-refractivity contribution >= 4 is 11.9 Å². The number of carbonyl (C=O) groups is 2. The summed E-state index contributed by atoms with van der Waals surface area (Å²) in [5, 5.41) is 2.56. The lowest BCUT2D eigenvalue weighted by atomic mass is 10.2. The minimum absolute atomic E-state index is 0.0279. The molecule has 0 aliphatic rings. The smallest absolute Gasteiger partial charge is 0.307 e. The van der Waals surface area contributed by atoms with Crippen molar-refractivity contribution in [3.8, 4) is 5.75 Å². The van der Waals surface area contributed by atoms with E-state index in [2.05, 4.69) is 10.1 Å². The molecule has 0 saturated heterocycles. The molecule has 1 amide bonds. The van der Waals surface area contributed by atoms with E-state index in [9.17, 15) is 18.4 Å². The predicted molar refractivity (Wildman–Crippen MR) is 70.7 cm³/mol. The zero-order valence-electron chi connectivity index (χ0n) is 12.0. The molecule has 1 rings (SSSR count). The summed E-state index contributed by atoms with van der Waals surface area (Å²) in [5.41, 5.74) is 0. The Morgan fingerprint density at radius 1 is 1.24 bits per heavy atom. The number of ether oxygens (including phenoxy) is 2. The third-order valence-electron chi connectivity index (χ3n) is 2.66. The van der Waals surface area contributed by atoms with E-state index in [0.717, 1.165) is 12.1 Å². The highest BCUT2D eigenvalue weighted by atomic mass is 19.2. The number of esters is 1. The topological polar surface area (TPSA) is 64.6 Å². The lowest BCUT2D eigenvalue weighted by Crippen LogP contribution is -2.42. The Bertz CT molecular complexity index is 522. The first kappa shape index (κ1) is 16.9. The zero-order valence-corrected chi connectivity index (χ0v) is 12.0. The molecular weight excluding hydrogens is 284 g/mol. The van der Waals surface area contributed by atoms with Crippen molar-refractivity contribution in [2.45, 2.75) is 32.4 Å². The Hall–Kier alpha value is -2.18. The van der Waals surface area contributed by atoms with Crippen LogP contribution in [0.3, 0.4) is 0 Å². The molecule has 1 aromatic rings. The summed E-state index contributed by atoms with van der Waals surface area (Å²) in [6, 6.07) is 2.56. The molecule has 0 spiro atoms. The summed E-state index contributed by atoms with van der Waals surface area (Å²) < 4.78 is 35.5. The molecule has 1 aromatic carbocycles. The summed E-state index contributed by atoms with van der Waals surface area (Å²) in [6.45, 7) is 3.10. The maximum atomic E-state index is 13.0. The van der Waals surface area contributed by atoms with Gasteiger partial charge >= 0.3 is 5.97 Å². The van der Waals surface area contributed by atoms with Crippen LogP contribution in [0.25, 0.3) is 0 Å². The van der Waals surface area contributed by atoms with Crippen molar-refractivity contribution in [2.75, 3.05) is 7.11 Å². The molecule has 0 aliphatic carbocycles. The third kappa shape index (κ3) is 5.37. The van der Waals surface area contributed by atoms with Gasteiger partial charge in [-0.1, -0.05) is 0 Å². The molecule has 1 N–H and O–H groups in total. The minimum Gasteiger partial charge on any atom is -0.481 e. The van der Waals surface area contributed by atoms with E-state index >= 15 is 0 Å². The lowest BCUT2D eigenvalue weighted by Gasteiger charge is -2.18. The van der Waals surface area contributed by atoms with E-state index in [-0.39, 0.29) is 12.2 Å². The molecule has 0 unspecified atom stereocenters. The second-order valence-electron chi connectivity index (χ2n) is 4.53. The maximum absolute atomic E-state index is 13.0. The summed E-state index contributed by atoms with van der Waals surface area (Å²) in [4.78, 5) is 22.9. The Morgan fingerprint density at radius 3 is 2.48 bits per heavy atom. The molecule has 0 saturated carbocycles. The summed E-state index contributed by atoms with van der Waals surface area (Å²) >= 11 is 0. The number of amides is 1. The first-order valence-corrected chi connectivity index (χ1v) is 6.32. The van der Waals surface area contributed by atoms with Gasteiger partial charge < -0.3 is 14.8 Å². The third-order valence-corrected chi connectivity index (χ3v) is 2.66. The fourth-order valence-corrected chi connectivity index (χ4v) is 1.55. The molecular formula is C14H17F2NO4. The van der Waals surface area contributed by atoms with E-state index in [1.807, 2.05) is 0 Å². The maximum Gasteiger partial charge on any atom is 0.307 e. The highest BCUT2D eigenvalue weighted by molar-refractivity contribution is 5.81. The van der Waals surface area contributed by atoms with E-state index in [4.69, 9.17) is 4.74 Å². The highest BCUT2D eigenvalue weighted by Crippen LogP contribution is 2.16. The van der Waals surface area contributed by atoms with Gasteiger partial charge in [0.05, 0.1) is 13.5 Å². The lowest BCUT2D eigenvalue weighted by molar-refractivity contribution is -0.141. The molecule has 116 valence electrons. The van der Waals surface area contributed by atoms with Crippen LogP contribution in [0, 0.1) is 11.6 Å². The van der Waals surface area contributed by atoms with E-state index in [0.29, 0.717) is 0 Å². The quantitative estimate of drug-likeness (QED) is 0.814. The Labute approximate surface area is 121 Å². The van der Waals surface area contributed by atoms with Crippen LogP contribution < -0.4 is 10.1 Å². The number of hydrogen-bond acceptors (Lipinski definition) is 4. The largest absolute Gasteiger partial charge is 0.481 e. The molecule has 7 heteroatoms. The molecule has 2 atom stereocenters. The van der Waals surface area contributed by atoms with Crippen LogP contribution in [-0.2, 0) is 14.3 Å². The molecule has 0 aromatic heterocycles. The molecule has 21 heavy (non-hydrogen) atoms. The van der Waals surface area contributed by atoms with Gasteiger partial charge in [-0.3, -0.25) is 9.59 Å². The number of methoxy groups -OCH3 is 1. The van der Waals surface area contributed by atoms with Crippen LogP contribution >= 0.6 is 0 Å². The first-order valence-electron chi connectivity index (χ1n) is 6.32. The highest BCUT2D eigenvalue weighted by Gasteiger charge is 2.19. The predicted octanol–water partition coefficient (Wildman–Crippen LogP) is 1.80. The van der Waals surface area contributed by atoms with Crippen LogP contribution in [-0.4, -0.2) is 31.1 Å². The number of carbonyl (C=O) groups excluding carboxylic acids is 2. The van der Waals surface area contributed by atoms with Gasteiger partial charge in [0.2, 0.25) is 0 Å². The second kappa shape index (κ2) is 7.56. The van der Waals surface area contributed by atoms with Gasteiger partial charge in [0.25, 0.3) is 5.91 Å². The molecule has 5 nitrogen and oxygen atoms in total. The monoisotopic (exact) mass is 301 g/mol. The van der Waals surface area contributed by atoms with E-state index < -0.39 is 35.7 Å². The summed E-state index contributed by atoms with van der Waals surface area (Å²) in [6.07, 6.45) is -0.893. The summed E-state index contributed by atoms with van der Waals surface area (Å²) in [5.74, 6) is -2.93. The van der Waals surface area contributed by atoms with Crippen molar-refractivity contribution in [3.05, 3.63) is 29.8 Å². The summed E-state index contributed by atoms with van der Waals surface area (Å²) in [7, 11) is 1.26.